The molecule has 2 saturated heterocycles. The molecule has 2 rings (SSSR count). The van der Waals surface area contributed by atoms with Crippen LogP contribution in [0.5, 0.6) is 0 Å². The van der Waals surface area contributed by atoms with Crippen LogP contribution in [0.4, 0.5) is 13.2 Å². The van der Waals surface area contributed by atoms with Gasteiger partial charge in [-0.1, -0.05) is 41.5 Å². The van der Waals surface area contributed by atoms with Crippen molar-refractivity contribution in [1.29, 1.82) is 5.26 Å². The molecule has 3 atom stereocenters. The molecule has 0 aromatic rings. The van der Waals surface area contributed by atoms with Gasteiger partial charge in [0.2, 0.25) is 18.2 Å². The van der Waals surface area contributed by atoms with Gasteiger partial charge in [0.05, 0.1) is 12.6 Å². The number of rotatable bonds is 6. The van der Waals surface area contributed by atoms with E-state index in [0.717, 1.165) is 12.3 Å². The Labute approximate surface area is 205 Å². The monoisotopic (exact) mass is 505 g/mol. The van der Waals surface area contributed by atoms with Crippen LogP contribution >= 0.6 is 0 Å². The zero-order chi connectivity index (χ0) is 27.4. The summed E-state index contributed by atoms with van der Waals surface area (Å²) in [6.45, 7) is 13.5. The first-order valence-corrected chi connectivity index (χ1v) is 11.5. The largest absolute Gasteiger partial charge is 0.471 e. The number of nitriles is 1. The molecule has 2 aliphatic heterocycles. The molecule has 3 unspecified atom stereocenters. The van der Waals surface area contributed by atoms with Crippen LogP contribution in [0.3, 0.4) is 0 Å². The average Bonchev–Trinajstić information content (AvgIpc) is 3.26. The van der Waals surface area contributed by atoms with Crippen molar-refractivity contribution < 1.29 is 32.3 Å². The van der Waals surface area contributed by atoms with Crippen LogP contribution in [0.2, 0.25) is 0 Å². The standard InChI is InChI=1S/C11H17F3N2O2.C8H11N3O2.C4H10/c1-7-5-16(6-10(7,2)3)8(17)4-15-9(18)11(12,13)14;9-4-7(11-5-12)3-6-1-2-10-8(6)13;1-4(2)3/h7H,4-6H2,1-3H3,(H,15,18);5-7H,1-3H2,(H,10,13)(H,11,12);4H,1-3H3. The highest BCUT2D eigenvalue weighted by Gasteiger charge is 2.41. The van der Waals surface area contributed by atoms with Gasteiger partial charge in [0, 0.05) is 25.6 Å². The fourth-order valence-corrected chi connectivity index (χ4v) is 3.24. The van der Waals surface area contributed by atoms with Crippen molar-refractivity contribution in [1.82, 2.24) is 20.9 Å². The lowest BCUT2D eigenvalue weighted by molar-refractivity contribution is -0.174. The predicted octanol–water partition coefficient (Wildman–Crippen LogP) is 1.98. The number of nitrogens with zero attached hydrogens (tertiary/aromatic N) is 2. The molecule has 0 aliphatic carbocycles. The van der Waals surface area contributed by atoms with Crippen molar-refractivity contribution in [3.05, 3.63) is 0 Å². The van der Waals surface area contributed by atoms with Crippen LogP contribution in [-0.2, 0) is 19.2 Å². The first-order chi connectivity index (χ1) is 16.0. The van der Waals surface area contributed by atoms with E-state index in [1.165, 1.54) is 4.90 Å². The molecular weight excluding hydrogens is 467 g/mol. The smallest absolute Gasteiger partial charge is 0.356 e. The number of likely N-dealkylation sites (tertiary alicyclic amines) is 1. The SMILES string of the molecule is CC(C)C.CC1CN(C(=O)CNC(=O)C(F)(F)F)CC1(C)C.N#CC(CC1CCNC1=O)NC=O. The molecule has 2 heterocycles. The molecule has 0 radical (unpaired) electrons. The highest BCUT2D eigenvalue weighted by molar-refractivity contribution is 5.87. The molecule has 35 heavy (non-hydrogen) atoms. The van der Waals surface area contributed by atoms with E-state index >= 15 is 0 Å². The number of nitrogens with one attached hydrogen (secondary N) is 3. The molecule has 200 valence electrons. The van der Waals surface area contributed by atoms with E-state index in [1.54, 1.807) is 5.32 Å². The summed E-state index contributed by atoms with van der Waals surface area (Å²) in [6.07, 6.45) is -3.31. The van der Waals surface area contributed by atoms with Crippen molar-refractivity contribution in [3.8, 4) is 6.07 Å². The maximum Gasteiger partial charge on any atom is 0.471 e. The summed E-state index contributed by atoms with van der Waals surface area (Å²) in [5.41, 5.74) is -0.0519. The molecule has 2 fully saturated rings. The zero-order valence-corrected chi connectivity index (χ0v) is 21.3. The number of hydrogen-bond donors (Lipinski definition) is 3. The second-order valence-corrected chi connectivity index (χ2v) is 10.1. The summed E-state index contributed by atoms with van der Waals surface area (Å²) in [5.74, 6) is -1.60. The predicted molar refractivity (Wildman–Crippen MR) is 123 cm³/mol. The van der Waals surface area contributed by atoms with E-state index < -0.39 is 30.6 Å². The van der Waals surface area contributed by atoms with Crippen LogP contribution in [0, 0.1) is 34.5 Å². The second-order valence-electron chi connectivity index (χ2n) is 10.1. The number of halogens is 3. The Morgan fingerprint density at radius 3 is 2.26 bits per heavy atom. The average molecular weight is 506 g/mol. The van der Waals surface area contributed by atoms with Gasteiger partial charge >= 0.3 is 12.1 Å². The summed E-state index contributed by atoms with van der Waals surface area (Å²) in [5, 5.41) is 15.2. The zero-order valence-electron chi connectivity index (χ0n) is 21.3. The summed E-state index contributed by atoms with van der Waals surface area (Å²) in [6, 6.07) is 1.38. The lowest BCUT2D eigenvalue weighted by Crippen LogP contribution is -2.44. The molecule has 0 saturated carbocycles. The Morgan fingerprint density at radius 2 is 1.89 bits per heavy atom. The third-order valence-corrected chi connectivity index (χ3v) is 5.55. The van der Waals surface area contributed by atoms with Crippen LogP contribution in [0.1, 0.15) is 54.4 Å². The molecule has 2 aliphatic rings. The van der Waals surface area contributed by atoms with Gasteiger partial charge in [-0.05, 0) is 30.1 Å². The van der Waals surface area contributed by atoms with Crippen molar-refractivity contribution in [2.75, 3.05) is 26.2 Å². The minimum Gasteiger partial charge on any atom is -0.356 e. The molecule has 0 aromatic heterocycles. The molecule has 4 amide bonds. The fraction of sp³-hybridized carbons (Fsp3) is 0.783. The van der Waals surface area contributed by atoms with Gasteiger partial charge < -0.3 is 20.9 Å². The van der Waals surface area contributed by atoms with Crippen molar-refractivity contribution in [3.63, 3.8) is 0 Å². The van der Waals surface area contributed by atoms with Crippen molar-refractivity contribution in [2.45, 2.75) is 66.6 Å². The molecule has 12 heteroatoms. The Morgan fingerprint density at radius 1 is 1.31 bits per heavy atom. The van der Waals surface area contributed by atoms with Crippen LogP contribution in [-0.4, -0.2) is 67.4 Å². The first-order valence-electron chi connectivity index (χ1n) is 11.5. The van der Waals surface area contributed by atoms with Gasteiger partial charge in [-0.25, -0.2) is 0 Å². The lowest BCUT2D eigenvalue weighted by atomic mass is 9.84. The van der Waals surface area contributed by atoms with E-state index in [9.17, 15) is 32.3 Å². The lowest BCUT2D eigenvalue weighted by Gasteiger charge is -2.22. The Hall–Kier alpha value is -2.84. The van der Waals surface area contributed by atoms with Crippen LogP contribution in [0.15, 0.2) is 0 Å². The van der Waals surface area contributed by atoms with Gasteiger partial charge in [-0.2, -0.15) is 18.4 Å². The second kappa shape index (κ2) is 14.5. The Bertz CT molecular complexity index is 762. The highest BCUT2D eigenvalue weighted by Crippen LogP contribution is 2.34. The molecule has 0 aromatic carbocycles. The van der Waals surface area contributed by atoms with Crippen molar-refractivity contribution in [2.24, 2.45) is 23.2 Å². The van der Waals surface area contributed by atoms with Crippen LogP contribution in [0.25, 0.3) is 0 Å². The summed E-state index contributed by atoms with van der Waals surface area (Å²) < 4.78 is 35.8. The summed E-state index contributed by atoms with van der Waals surface area (Å²) >= 11 is 0. The van der Waals surface area contributed by atoms with E-state index in [4.69, 9.17) is 5.26 Å². The third-order valence-electron chi connectivity index (χ3n) is 5.55. The number of carbonyl (C=O) groups excluding carboxylic acids is 4. The molecule has 0 bridgehead atoms. The quantitative estimate of drug-likeness (QED) is 0.475. The number of hydrogen-bond acceptors (Lipinski definition) is 5. The van der Waals surface area contributed by atoms with E-state index in [0.29, 0.717) is 32.5 Å². The van der Waals surface area contributed by atoms with Gasteiger partial charge in [-0.3, -0.25) is 19.2 Å². The number of alkyl halides is 3. The minimum atomic E-state index is -4.95. The highest BCUT2D eigenvalue weighted by atomic mass is 19.4. The van der Waals surface area contributed by atoms with Gasteiger partial charge in [-0.15, -0.1) is 0 Å². The Kier molecular flexibility index (Phi) is 13.4. The third kappa shape index (κ3) is 12.4. The van der Waals surface area contributed by atoms with Gasteiger partial charge in [0.25, 0.3) is 0 Å². The summed E-state index contributed by atoms with van der Waals surface area (Å²) in [4.78, 5) is 44.9. The number of amides is 4. The maximum atomic E-state index is 11.9. The number of carbonyl (C=O) groups is 4. The summed E-state index contributed by atoms with van der Waals surface area (Å²) in [7, 11) is 0. The minimum absolute atomic E-state index is 0.0204. The van der Waals surface area contributed by atoms with Crippen molar-refractivity contribution >= 4 is 24.1 Å². The topological polar surface area (TPSA) is 131 Å². The van der Waals surface area contributed by atoms with Gasteiger partial charge in [0.1, 0.15) is 6.04 Å². The molecule has 0 spiro atoms. The molecule has 9 nitrogen and oxygen atoms in total. The van der Waals surface area contributed by atoms with E-state index in [-0.39, 0.29) is 23.2 Å². The first kappa shape index (κ1) is 32.2. The normalized spacial score (nSPS) is 21.4. The van der Waals surface area contributed by atoms with E-state index in [1.807, 2.05) is 26.8 Å². The molecular formula is C23H38F3N5O4. The fourth-order valence-electron chi connectivity index (χ4n) is 3.24. The van der Waals surface area contributed by atoms with Gasteiger partial charge in [0.15, 0.2) is 0 Å². The Balaban J connectivity index is 0.000000594. The maximum absolute atomic E-state index is 11.9. The van der Waals surface area contributed by atoms with Crippen LogP contribution < -0.4 is 16.0 Å². The van der Waals surface area contributed by atoms with E-state index in [2.05, 4.69) is 31.4 Å². The molecule has 3 N–H and O–H groups in total.